The molecule has 0 saturated carbocycles. The van der Waals surface area contributed by atoms with Gasteiger partial charge in [-0.25, -0.2) is 9.98 Å². The number of nitrogens with zero attached hydrogens (tertiary/aromatic N) is 4. The quantitative estimate of drug-likeness (QED) is 0.161. The second-order valence-electron chi connectivity index (χ2n) is 20.5. The van der Waals surface area contributed by atoms with E-state index in [1.807, 2.05) is 6.20 Å². The van der Waals surface area contributed by atoms with E-state index in [4.69, 9.17) is 14.7 Å². The van der Waals surface area contributed by atoms with Gasteiger partial charge in [-0.1, -0.05) is 110 Å². The number of fused-ring (bicyclic) bond motifs is 5. The van der Waals surface area contributed by atoms with Crippen molar-refractivity contribution in [3.05, 3.63) is 148 Å². The van der Waals surface area contributed by atoms with Gasteiger partial charge in [0.2, 0.25) is 5.90 Å². The van der Waals surface area contributed by atoms with E-state index >= 15 is 0 Å². The third kappa shape index (κ3) is 6.67. The van der Waals surface area contributed by atoms with Crippen LogP contribution in [0.3, 0.4) is 0 Å². The van der Waals surface area contributed by atoms with Crippen molar-refractivity contribution >= 4 is 44.8 Å². The molecular weight excluding hydrogens is 745 g/mol. The van der Waals surface area contributed by atoms with Gasteiger partial charge in [0, 0.05) is 33.6 Å². The summed E-state index contributed by atoms with van der Waals surface area (Å²) in [6, 6.07) is 38.7. The summed E-state index contributed by atoms with van der Waals surface area (Å²) in [5.74, 6) is 2.98. The van der Waals surface area contributed by atoms with E-state index in [0.29, 0.717) is 24.4 Å². The Hall–Kier alpha value is -5.68. The molecule has 5 heteroatoms. The number of rotatable bonds is 7. The maximum Gasteiger partial charge on any atom is 0.216 e. The number of aryl methyl sites for hydroxylation is 3. The topological polar surface area (TPSA) is 42.7 Å². The van der Waals surface area contributed by atoms with Crippen LogP contribution in [0.5, 0.6) is 0 Å². The van der Waals surface area contributed by atoms with E-state index in [2.05, 4.69) is 203 Å². The average molecular weight is 807 g/mol. The zero-order chi connectivity index (χ0) is 43.3. The summed E-state index contributed by atoms with van der Waals surface area (Å²) in [5, 5.41) is 2.47. The fraction of sp³-hybridized carbons (Fsp3) is 0.357. The molecular formula is C56H62N4O. The molecule has 4 heterocycles. The summed E-state index contributed by atoms with van der Waals surface area (Å²) in [5.41, 5.74) is 16.0. The highest BCUT2D eigenvalue weighted by Gasteiger charge is 2.44. The van der Waals surface area contributed by atoms with Gasteiger partial charge >= 0.3 is 0 Å². The molecule has 7 aromatic rings. The van der Waals surface area contributed by atoms with Crippen molar-refractivity contribution in [2.45, 2.75) is 106 Å². The first-order valence-electron chi connectivity index (χ1n) is 22.3. The highest BCUT2D eigenvalue weighted by atomic mass is 16.5. The predicted molar refractivity (Wildman–Crippen MR) is 258 cm³/mol. The minimum Gasteiger partial charge on any atom is -0.475 e. The number of aliphatic imine (C=N–C) groups is 1. The van der Waals surface area contributed by atoms with E-state index < -0.39 is 0 Å². The highest BCUT2D eigenvalue weighted by molar-refractivity contribution is 6.12. The van der Waals surface area contributed by atoms with Crippen LogP contribution in [0.15, 0.2) is 114 Å². The van der Waals surface area contributed by atoms with Gasteiger partial charge in [-0.15, -0.1) is 0 Å². The van der Waals surface area contributed by atoms with E-state index in [9.17, 15) is 0 Å². The normalized spacial score (nSPS) is 17.4. The smallest absolute Gasteiger partial charge is 0.216 e. The first-order chi connectivity index (χ1) is 28.9. The Kier molecular flexibility index (Phi) is 9.66. The van der Waals surface area contributed by atoms with Gasteiger partial charge < -0.3 is 9.64 Å². The van der Waals surface area contributed by atoms with Crippen molar-refractivity contribution in [2.75, 3.05) is 11.5 Å². The van der Waals surface area contributed by atoms with Crippen molar-refractivity contribution in [2.24, 2.45) is 22.7 Å². The Labute approximate surface area is 363 Å². The van der Waals surface area contributed by atoms with Crippen LogP contribution in [0.2, 0.25) is 0 Å². The molecule has 0 unspecified atom stereocenters. The lowest BCUT2D eigenvalue weighted by atomic mass is 9.72. The number of hydrogen-bond donors (Lipinski definition) is 0. The molecule has 9 rings (SSSR count). The third-order valence-electron chi connectivity index (χ3n) is 13.8. The molecule has 0 bridgehead atoms. The fourth-order valence-corrected chi connectivity index (χ4v) is 11.2. The number of benzene rings is 5. The van der Waals surface area contributed by atoms with Crippen molar-refractivity contribution in [1.82, 2.24) is 9.55 Å². The van der Waals surface area contributed by atoms with Gasteiger partial charge in [0.05, 0.1) is 27.9 Å². The Bertz CT molecular complexity index is 2870. The summed E-state index contributed by atoms with van der Waals surface area (Å²) in [6.45, 7) is 30.4. The van der Waals surface area contributed by atoms with Crippen molar-refractivity contribution in [3.63, 3.8) is 0 Å². The SMILES string of the molecule is Cc1ccc2c(c1)c1cc3c(cc1n2-c1cc(C(C)(C)C)ccn1)N(c1cc(C2=N[C@](C)(C(C(C)C)C(C)C)CO2)cc(-c2c(C)cccc2C)c1)c1ccccc1C3(C)C. The van der Waals surface area contributed by atoms with Crippen LogP contribution >= 0.6 is 0 Å². The maximum atomic E-state index is 6.72. The molecule has 0 amide bonds. The molecule has 5 nitrogen and oxygen atoms in total. The monoisotopic (exact) mass is 806 g/mol. The summed E-state index contributed by atoms with van der Waals surface area (Å²) in [4.78, 5) is 13.1. The van der Waals surface area contributed by atoms with Crippen molar-refractivity contribution in [1.29, 1.82) is 0 Å². The Morgan fingerprint density at radius 2 is 1.36 bits per heavy atom. The van der Waals surface area contributed by atoms with Crippen LogP contribution in [-0.2, 0) is 15.6 Å². The number of anilines is 3. The number of para-hydroxylation sites is 1. The van der Waals surface area contributed by atoms with Gasteiger partial charge in [0.15, 0.2) is 0 Å². The molecule has 0 radical (unpaired) electrons. The van der Waals surface area contributed by atoms with E-state index in [0.717, 1.165) is 45.3 Å². The van der Waals surface area contributed by atoms with Crippen LogP contribution in [0.4, 0.5) is 17.1 Å². The molecule has 1 atom stereocenters. The molecule has 0 aliphatic carbocycles. The largest absolute Gasteiger partial charge is 0.475 e. The average Bonchev–Trinajstić information content (AvgIpc) is 3.74. The summed E-state index contributed by atoms with van der Waals surface area (Å²) in [6.07, 6.45) is 1.97. The Morgan fingerprint density at radius 1 is 0.672 bits per heavy atom. The second-order valence-corrected chi connectivity index (χ2v) is 20.5. The van der Waals surface area contributed by atoms with Gasteiger partial charge in [0.1, 0.15) is 12.4 Å². The minimum absolute atomic E-state index is 0.0236. The highest BCUT2D eigenvalue weighted by Crippen LogP contribution is 2.54. The molecule has 2 aliphatic heterocycles. The van der Waals surface area contributed by atoms with Crippen LogP contribution in [0, 0.1) is 38.5 Å². The zero-order valence-corrected chi connectivity index (χ0v) is 38.5. The van der Waals surface area contributed by atoms with Crippen molar-refractivity contribution in [3.8, 4) is 16.9 Å². The number of aromatic nitrogens is 2. The third-order valence-corrected chi connectivity index (χ3v) is 13.8. The fourth-order valence-electron chi connectivity index (χ4n) is 11.2. The van der Waals surface area contributed by atoms with E-state index in [-0.39, 0.29) is 16.4 Å². The van der Waals surface area contributed by atoms with Gasteiger partial charge in [-0.3, -0.25) is 4.57 Å². The first-order valence-corrected chi connectivity index (χ1v) is 22.3. The van der Waals surface area contributed by atoms with E-state index in [1.165, 1.54) is 55.4 Å². The van der Waals surface area contributed by atoms with Gasteiger partial charge in [0.25, 0.3) is 0 Å². The number of hydrogen-bond acceptors (Lipinski definition) is 4. The molecule has 312 valence electrons. The molecule has 5 aromatic carbocycles. The molecule has 0 spiro atoms. The standard InChI is InChI=1S/C56H62N4O/c1-33(2)52(34(3)4)56(13)32-61-53(58-56)39-26-38(51-36(6)17-16-18-37(51)7)27-41(28-39)59-47-20-15-14-19-44(47)55(11,12)45-30-43-42-25-35(5)21-22-46(42)60(48(43)31-49(45)59)50-29-40(23-24-57-50)54(8,9)10/h14-31,33-34,52H,32H2,1-13H3/t56-/m0/s1. The van der Waals surface area contributed by atoms with Crippen LogP contribution in [-0.4, -0.2) is 27.6 Å². The lowest BCUT2D eigenvalue weighted by molar-refractivity contribution is 0.129. The summed E-state index contributed by atoms with van der Waals surface area (Å²) < 4.78 is 9.10. The molecule has 61 heavy (non-hydrogen) atoms. The van der Waals surface area contributed by atoms with Crippen LogP contribution in [0.25, 0.3) is 38.8 Å². The lowest BCUT2D eigenvalue weighted by Crippen LogP contribution is -2.40. The van der Waals surface area contributed by atoms with Crippen molar-refractivity contribution < 1.29 is 4.74 Å². The number of ether oxygens (including phenoxy) is 1. The van der Waals surface area contributed by atoms with Crippen LogP contribution in [0.1, 0.15) is 108 Å². The first kappa shape index (κ1) is 40.7. The van der Waals surface area contributed by atoms with Crippen LogP contribution < -0.4 is 4.90 Å². The Morgan fingerprint density at radius 3 is 2.07 bits per heavy atom. The molecule has 2 aliphatic rings. The summed E-state index contributed by atoms with van der Waals surface area (Å²) in [7, 11) is 0. The lowest BCUT2D eigenvalue weighted by Gasteiger charge is -2.42. The van der Waals surface area contributed by atoms with Gasteiger partial charge in [-0.05, 0) is 150 Å². The van der Waals surface area contributed by atoms with Gasteiger partial charge in [-0.2, -0.15) is 0 Å². The van der Waals surface area contributed by atoms with E-state index in [1.54, 1.807) is 0 Å². The molecule has 0 N–H and O–H groups in total. The maximum absolute atomic E-state index is 6.72. The predicted octanol–water partition coefficient (Wildman–Crippen LogP) is 14.6. The minimum atomic E-state index is -0.323. The second kappa shape index (κ2) is 14.5. The summed E-state index contributed by atoms with van der Waals surface area (Å²) >= 11 is 0. The molecule has 0 saturated heterocycles. The molecule has 2 aromatic heterocycles. The zero-order valence-electron chi connectivity index (χ0n) is 38.5. The molecule has 0 fully saturated rings. The Balaban J connectivity index is 1.35. The number of pyridine rings is 1.